The van der Waals surface area contributed by atoms with Crippen LogP contribution in [-0.4, -0.2) is 21.0 Å². The average molecular weight is 457 g/mol. The summed E-state index contributed by atoms with van der Waals surface area (Å²) in [5.74, 6) is 0.639. The Balaban J connectivity index is 1.52. The molecule has 7 heteroatoms. The summed E-state index contributed by atoms with van der Waals surface area (Å²) >= 11 is 0. The molecule has 2 N–H and O–H groups in total. The number of carbonyl (C=O) groups is 1. The minimum Gasteiger partial charge on any atom is -0.382 e. The highest BCUT2D eigenvalue weighted by molar-refractivity contribution is 5.91. The highest BCUT2D eigenvalue weighted by Crippen LogP contribution is 2.37. The quantitative estimate of drug-likeness (QED) is 0.468. The minimum atomic E-state index is -1.04. The van der Waals surface area contributed by atoms with Crippen LogP contribution in [0.2, 0.25) is 0 Å². The Morgan fingerprint density at radius 2 is 1.85 bits per heavy atom. The molecule has 3 aromatic rings. The third-order valence-electron chi connectivity index (χ3n) is 6.91. The van der Waals surface area contributed by atoms with Crippen LogP contribution >= 0.6 is 0 Å². The molecule has 0 spiro atoms. The molecule has 0 bridgehead atoms. The van der Waals surface area contributed by atoms with E-state index in [0.717, 1.165) is 29.7 Å². The number of benzene rings is 2. The summed E-state index contributed by atoms with van der Waals surface area (Å²) < 4.78 is 0. The van der Waals surface area contributed by atoms with Gasteiger partial charge in [-0.2, -0.15) is 0 Å². The number of rotatable bonds is 6. The molecule has 2 aliphatic rings. The number of aliphatic hydroxyl groups is 1. The lowest BCUT2D eigenvalue weighted by atomic mass is 9.87. The predicted molar refractivity (Wildman–Crippen MR) is 131 cm³/mol. The van der Waals surface area contributed by atoms with Crippen molar-refractivity contribution in [1.29, 1.82) is 0 Å². The fourth-order valence-corrected chi connectivity index (χ4v) is 5.11. The number of nitrogens with zero attached hydrogens (tertiary/aromatic N) is 3. The number of hydrogen-bond donors (Lipinski definition) is 2. The number of hydrogen-bond acceptors (Lipinski definition) is 6. The third kappa shape index (κ3) is 4.61. The maximum atomic E-state index is 12.9. The lowest BCUT2D eigenvalue weighted by molar-refractivity contribution is -0.117. The highest BCUT2D eigenvalue weighted by Gasteiger charge is 2.27. The zero-order valence-electron chi connectivity index (χ0n) is 19.0. The van der Waals surface area contributed by atoms with E-state index in [1.54, 1.807) is 12.1 Å². The number of amides is 1. The van der Waals surface area contributed by atoms with Crippen molar-refractivity contribution in [2.75, 3.05) is 5.32 Å². The fraction of sp³-hybridized carbons (Fsp3) is 0.370. The van der Waals surface area contributed by atoms with Crippen LogP contribution in [0.15, 0.2) is 53.7 Å². The summed E-state index contributed by atoms with van der Waals surface area (Å²) in [6.45, 7) is 0. The standard InChI is InChI=1S/C27H28N4O3/c32-23(15-17-7-3-1-4-8-17)29-27-25(26(33)18-9-5-2-6-10-18)30-24-21-13-12-20(31-34)16-19(21)11-14-22(24)28-27/h2,5-6,9-10,12-13,16-17,26,33H,1,3-4,7-8,11,14-15H2,(H,28,29,32). The molecule has 1 unspecified atom stereocenters. The van der Waals surface area contributed by atoms with Gasteiger partial charge in [0.2, 0.25) is 5.91 Å². The summed E-state index contributed by atoms with van der Waals surface area (Å²) in [5.41, 5.74) is 4.69. The van der Waals surface area contributed by atoms with Gasteiger partial charge in [0.05, 0.1) is 11.4 Å². The topological polar surface area (TPSA) is 105 Å². The van der Waals surface area contributed by atoms with Gasteiger partial charge in [0.15, 0.2) is 5.82 Å². The lowest BCUT2D eigenvalue weighted by Crippen LogP contribution is -2.22. The fourth-order valence-electron chi connectivity index (χ4n) is 5.11. The Kier molecular flexibility index (Phi) is 6.45. The molecule has 0 radical (unpaired) electrons. The zero-order valence-corrected chi connectivity index (χ0v) is 19.0. The van der Waals surface area contributed by atoms with Crippen LogP contribution in [0.3, 0.4) is 0 Å². The van der Waals surface area contributed by atoms with Crippen molar-refractivity contribution in [2.24, 2.45) is 11.1 Å². The van der Waals surface area contributed by atoms with Crippen molar-refractivity contribution in [1.82, 2.24) is 9.97 Å². The molecule has 2 aliphatic carbocycles. The molecule has 5 rings (SSSR count). The van der Waals surface area contributed by atoms with E-state index in [-0.39, 0.29) is 5.91 Å². The SMILES string of the molecule is O=Nc1ccc2c(c1)CCc1nc(NC(=O)CC3CCCCC3)c(C(O)c3ccccc3)nc1-2. The minimum absolute atomic E-state index is 0.0828. The molecular formula is C27H28N4O3. The maximum Gasteiger partial charge on any atom is 0.225 e. The van der Waals surface area contributed by atoms with Crippen molar-refractivity contribution in [3.05, 3.63) is 76.0 Å². The van der Waals surface area contributed by atoms with Crippen LogP contribution in [0.4, 0.5) is 11.5 Å². The Morgan fingerprint density at radius 1 is 1.06 bits per heavy atom. The van der Waals surface area contributed by atoms with E-state index < -0.39 is 6.10 Å². The van der Waals surface area contributed by atoms with E-state index in [0.29, 0.717) is 53.6 Å². The highest BCUT2D eigenvalue weighted by atomic mass is 16.3. The van der Waals surface area contributed by atoms with E-state index in [9.17, 15) is 14.8 Å². The number of aliphatic hydroxyl groups excluding tert-OH is 1. The Hall–Kier alpha value is -3.45. The number of aromatic nitrogens is 2. The van der Waals surface area contributed by atoms with Gasteiger partial charge in [0.25, 0.3) is 0 Å². The molecule has 1 aromatic heterocycles. The molecular weight excluding hydrogens is 428 g/mol. The van der Waals surface area contributed by atoms with Crippen molar-refractivity contribution in [3.63, 3.8) is 0 Å². The van der Waals surface area contributed by atoms with E-state index >= 15 is 0 Å². The molecule has 1 atom stereocenters. The molecule has 1 fully saturated rings. The molecule has 1 heterocycles. The van der Waals surface area contributed by atoms with Crippen LogP contribution in [0, 0.1) is 10.8 Å². The Bertz CT molecular complexity index is 1210. The Labute approximate surface area is 198 Å². The van der Waals surface area contributed by atoms with Crippen molar-refractivity contribution in [2.45, 2.75) is 57.5 Å². The molecule has 34 heavy (non-hydrogen) atoms. The number of aryl methyl sites for hydroxylation is 2. The predicted octanol–water partition coefficient (Wildman–Crippen LogP) is 5.63. The second-order valence-corrected chi connectivity index (χ2v) is 9.26. The summed E-state index contributed by atoms with van der Waals surface area (Å²) in [4.78, 5) is 33.6. The molecule has 1 amide bonds. The average Bonchev–Trinajstić information content (AvgIpc) is 2.88. The second kappa shape index (κ2) is 9.81. The number of anilines is 1. The summed E-state index contributed by atoms with van der Waals surface area (Å²) in [5, 5.41) is 17.2. The maximum absolute atomic E-state index is 12.9. The van der Waals surface area contributed by atoms with E-state index in [2.05, 4.69) is 10.5 Å². The zero-order chi connectivity index (χ0) is 23.5. The van der Waals surface area contributed by atoms with Gasteiger partial charge in [-0.1, -0.05) is 55.7 Å². The summed E-state index contributed by atoms with van der Waals surface area (Å²) in [7, 11) is 0. The third-order valence-corrected chi connectivity index (χ3v) is 6.91. The first-order valence-electron chi connectivity index (χ1n) is 12.0. The van der Waals surface area contributed by atoms with E-state index in [1.165, 1.54) is 19.3 Å². The summed E-state index contributed by atoms with van der Waals surface area (Å²) in [6.07, 6.45) is 6.52. The van der Waals surface area contributed by atoms with Crippen LogP contribution in [0.5, 0.6) is 0 Å². The first-order chi connectivity index (χ1) is 16.6. The number of nitroso groups, excluding NO2 is 1. The van der Waals surface area contributed by atoms with Crippen LogP contribution < -0.4 is 5.32 Å². The molecule has 0 aliphatic heterocycles. The smallest absolute Gasteiger partial charge is 0.225 e. The van der Waals surface area contributed by atoms with Gasteiger partial charge in [-0.25, -0.2) is 9.97 Å². The van der Waals surface area contributed by atoms with Crippen molar-refractivity contribution >= 4 is 17.4 Å². The lowest BCUT2D eigenvalue weighted by Gasteiger charge is -2.24. The van der Waals surface area contributed by atoms with E-state index in [4.69, 9.17) is 9.97 Å². The van der Waals surface area contributed by atoms with Crippen LogP contribution in [0.1, 0.15) is 67.1 Å². The van der Waals surface area contributed by atoms with Gasteiger partial charge in [-0.15, -0.1) is 4.91 Å². The normalized spacial score (nSPS) is 16.3. The van der Waals surface area contributed by atoms with Crippen molar-refractivity contribution in [3.8, 4) is 11.3 Å². The monoisotopic (exact) mass is 456 g/mol. The van der Waals surface area contributed by atoms with Crippen LogP contribution in [-0.2, 0) is 17.6 Å². The molecule has 1 saturated carbocycles. The van der Waals surface area contributed by atoms with Gasteiger partial charge in [-0.05, 0) is 60.0 Å². The van der Waals surface area contributed by atoms with Gasteiger partial charge in [0, 0.05) is 12.0 Å². The first kappa shape index (κ1) is 22.3. The largest absolute Gasteiger partial charge is 0.382 e. The number of fused-ring (bicyclic) bond motifs is 3. The molecule has 0 saturated heterocycles. The van der Waals surface area contributed by atoms with Gasteiger partial charge >= 0.3 is 0 Å². The van der Waals surface area contributed by atoms with Crippen LogP contribution in [0.25, 0.3) is 11.3 Å². The number of carbonyl (C=O) groups excluding carboxylic acids is 1. The molecule has 174 valence electrons. The summed E-state index contributed by atoms with van der Waals surface area (Å²) in [6, 6.07) is 14.5. The van der Waals surface area contributed by atoms with Gasteiger partial charge < -0.3 is 10.4 Å². The number of nitrogens with one attached hydrogen (secondary N) is 1. The van der Waals surface area contributed by atoms with Crippen molar-refractivity contribution < 1.29 is 9.90 Å². The Morgan fingerprint density at radius 3 is 2.62 bits per heavy atom. The second-order valence-electron chi connectivity index (χ2n) is 9.26. The van der Waals surface area contributed by atoms with E-state index in [1.807, 2.05) is 36.4 Å². The molecule has 2 aromatic carbocycles. The molecule has 7 nitrogen and oxygen atoms in total. The van der Waals surface area contributed by atoms with Gasteiger partial charge in [0.1, 0.15) is 17.5 Å². The first-order valence-corrected chi connectivity index (χ1v) is 12.0. The van der Waals surface area contributed by atoms with Gasteiger partial charge in [-0.3, -0.25) is 4.79 Å².